The number of aliphatic hydroxyl groups is 1. The molecule has 2 rings (SSSR count). The van der Waals surface area contributed by atoms with E-state index in [4.69, 9.17) is 13.9 Å². The summed E-state index contributed by atoms with van der Waals surface area (Å²) in [5.74, 6) is 0.389. The summed E-state index contributed by atoms with van der Waals surface area (Å²) in [4.78, 5) is 13.6. The van der Waals surface area contributed by atoms with E-state index in [2.05, 4.69) is 20.8 Å². The van der Waals surface area contributed by atoms with Gasteiger partial charge in [-0.05, 0) is 0 Å². The number of rotatable bonds is 15. The Morgan fingerprint density at radius 1 is 1.19 bits per heavy atom. The third kappa shape index (κ3) is 5.88. The topological polar surface area (TPSA) is 68.9 Å². The van der Waals surface area contributed by atoms with Crippen molar-refractivity contribution in [1.82, 2.24) is 0 Å². The van der Waals surface area contributed by atoms with Crippen LogP contribution in [0.15, 0.2) is 22.8 Å². The zero-order valence-corrected chi connectivity index (χ0v) is 23.0. The second kappa shape index (κ2) is 13.2. The van der Waals surface area contributed by atoms with Crippen LogP contribution in [-0.2, 0) is 14.3 Å². The Bertz CT molecular complexity index is 610. The molecule has 0 aromatic carbocycles. The molecule has 1 aliphatic rings. The molecule has 0 saturated carbocycles. The number of aliphatic hydroxyl groups excluding tert-OH is 1. The van der Waals surface area contributed by atoms with Gasteiger partial charge in [0.25, 0.3) is 0 Å². The molecule has 0 amide bonds. The number of ether oxygens (including phenoxy) is 2. The van der Waals surface area contributed by atoms with Gasteiger partial charge in [0.05, 0.1) is 0 Å². The molecule has 1 aromatic rings. The van der Waals surface area contributed by atoms with E-state index < -0.39 is 23.8 Å². The van der Waals surface area contributed by atoms with Crippen LogP contribution < -0.4 is 0 Å². The Labute approximate surface area is 193 Å². The van der Waals surface area contributed by atoms with E-state index in [9.17, 15) is 9.90 Å². The molecule has 0 radical (unpaired) electrons. The summed E-state index contributed by atoms with van der Waals surface area (Å²) >= 11 is -2.97. The maximum atomic E-state index is 13.6. The van der Waals surface area contributed by atoms with E-state index in [1.165, 1.54) is 58.9 Å². The Hall–Kier alpha value is -0.531. The van der Waals surface area contributed by atoms with Gasteiger partial charge in [0.15, 0.2) is 0 Å². The second-order valence-corrected chi connectivity index (χ2v) is 22.8. The second-order valence-electron chi connectivity index (χ2n) is 9.29. The Balaban J connectivity index is 2.63. The first kappa shape index (κ1) is 26.7. The van der Waals surface area contributed by atoms with Gasteiger partial charge in [-0.1, -0.05) is 0 Å². The molecule has 178 valence electrons. The van der Waals surface area contributed by atoms with Crippen LogP contribution in [0.1, 0.15) is 83.8 Å². The van der Waals surface area contributed by atoms with Crippen molar-refractivity contribution in [1.29, 1.82) is 0 Å². The van der Waals surface area contributed by atoms with E-state index in [0.717, 1.165) is 5.76 Å². The number of furan rings is 1. The Morgan fingerprint density at radius 2 is 1.81 bits per heavy atom. The average molecular weight is 543 g/mol. The van der Waals surface area contributed by atoms with Crippen LogP contribution in [0.3, 0.4) is 0 Å². The molecule has 1 aromatic heterocycles. The van der Waals surface area contributed by atoms with Crippen LogP contribution in [0, 0.1) is 5.41 Å². The number of carbonyl (C=O) groups is 1. The maximum absolute atomic E-state index is 13.6. The van der Waals surface area contributed by atoms with Crippen molar-refractivity contribution in [3.63, 3.8) is 0 Å². The van der Waals surface area contributed by atoms with Crippen molar-refractivity contribution in [3.8, 4) is 0 Å². The third-order valence-corrected chi connectivity index (χ3v) is 24.1. The Kier molecular flexibility index (Phi) is 11.4. The molecule has 5 nitrogen and oxygen atoms in total. The fourth-order valence-electron chi connectivity index (χ4n) is 5.87. The molecule has 1 fully saturated rings. The van der Waals surface area contributed by atoms with E-state index >= 15 is 0 Å². The fourth-order valence-corrected chi connectivity index (χ4v) is 25.1. The Morgan fingerprint density at radius 3 is 2.26 bits per heavy atom. The first-order valence-electron chi connectivity index (χ1n) is 12.4. The summed E-state index contributed by atoms with van der Waals surface area (Å²) in [5, 5.41) is 9.96. The van der Waals surface area contributed by atoms with Gasteiger partial charge in [-0.15, -0.1) is 0 Å². The molecule has 1 aliphatic heterocycles. The predicted molar refractivity (Wildman–Crippen MR) is 127 cm³/mol. The van der Waals surface area contributed by atoms with Gasteiger partial charge in [0, 0.05) is 0 Å². The van der Waals surface area contributed by atoms with Gasteiger partial charge in [-0.25, -0.2) is 0 Å². The molecular weight excluding hydrogens is 499 g/mol. The van der Waals surface area contributed by atoms with Crippen molar-refractivity contribution in [2.75, 3.05) is 20.3 Å². The summed E-state index contributed by atoms with van der Waals surface area (Å²) in [7, 11) is 1.50. The van der Waals surface area contributed by atoms with E-state index in [-0.39, 0.29) is 22.6 Å². The number of hydrogen-bond acceptors (Lipinski definition) is 5. The minimum atomic E-state index is -2.97. The standard InChI is InChI=1S/C13H17O5.3C4H9.Sn/c1-16-12(15)13(5-8-17-9-13)10(4-6-14)11-3-2-7-18-11;3*1-3-4-2;/h2-3,7,9-10,14H,4-6,8H2,1H3;3*1,3-4H2,2H3;/t10-,13-;;;;/m1..../s1. The molecule has 1 N–H and O–H groups in total. The molecule has 0 bridgehead atoms. The zero-order chi connectivity index (χ0) is 22.7. The number of esters is 1. The molecular formula is C25H44O5Sn. The molecule has 0 spiro atoms. The van der Waals surface area contributed by atoms with Crippen molar-refractivity contribution in [2.24, 2.45) is 5.41 Å². The average Bonchev–Trinajstić information content (AvgIpc) is 3.48. The molecule has 0 unspecified atom stereocenters. The molecule has 3 atom stereocenters. The van der Waals surface area contributed by atoms with Gasteiger partial charge >= 0.3 is 194 Å². The zero-order valence-electron chi connectivity index (χ0n) is 20.2. The van der Waals surface area contributed by atoms with Gasteiger partial charge in [0.1, 0.15) is 0 Å². The quantitative estimate of drug-likeness (QED) is 0.215. The SMILES string of the molecule is CCC[CH2][Sn]([CH2]CCC)([CH2]CCC)[C@H]1OCC[C@]1(C(=O)OC)[C@H](CCO)c1ccco1. The molecule has 0 aliphatic carbocycles. The van der Waals surface area contributed by atoms with Gasteiger partial charge in [-0.3, -0.25) is 0 Å². The summed E-state index contributed by atoms with van der Waals surface area (Å²) in [6.07, 6.45) is 9.97. The van der Waals surface area contributed by atoms with Gasteiger partial charge in [0.2, 0.25) is 0 Å². The van der Waals surface area contributed by atoms with Gasteiger partial charge in [-0.2, -0.15) is 0 Å². The normalized spacial score (nSPS) is 22.5. The fraction of sp³-hybridized carbons (Fsp3) is 0.800. The molecule has 6 heteroatoms. The van der Waals surface area contributed by atoms with Crippen LogP contribution in [0.2, 0.25) is 13.3 Å². The monoisotopic (exact) mass is 544 g/mol. The predicted octanol–water partition coefficient (Wildman–Crippen LogP) is 6.08. The summed E-state index contributed by atoms with van der Waals surface area (Å²) in [5.41, 5.74) is -0.749. The first-order valence-corrected chi connectivity index (χ1v) is 20.1. The number of unbranched alkanes of at least 4 members (excludes halogenated alkanes) is 3. The van der Waals surface area contributed by atoms with Gasteiger partial charge < -0.3 is 0 Å². The van der Waals surface area contributed by atoms with Crippen molar-refractivity contribution >= 4 is 24.3 Å². The van der Waals surface area contributed by atoms with Crippen LogP contribution >= 0.6 is 0 Å². The van der Waals surface area contributed by atoms with Crippen molar-refractivity contribution in [3.05, 3.63) is 24.2 Å². The summed E-state index contributed by atoms with van der Waals surface area (Å²) < 4.78 is 21.7. The minimum absolute atomic E-state index is 0.0121. The number of carbonyl (C=O) groups excluding carboxylic acids is 1. The van der Waals surface area contributed by atoms with E-state index in [0.29, 0.717) is 19.4 Å². The van der Waals surface area contributed by atoms with Crippen molar-refractivity contribution < 1.29 is 23.8 Å². The van der Waals surface area contributed by atoms with E-state index in [1.807, 2.05) is 12.1 Å². The first-order chi connectivity index (χ1) is 15.1. The van der Waals surface area contributed by atoms with Crippen LogP contribution in [0.4, 0.5) is 0 Å². The molecule has 1 saturated heterocycles. The summed E-state index contributed by atoms with van der Waals surface area (Å²) in [6.45, 7) is 7.38. The molecule has 31 heavy (non-hydrogen) atoms. The number of hydrogen-bond donors (Lipinski definition) is 1. The van der Waals surface area contributed by atoms with Crippen LogP contribution in [0.5, 0.6) is 0 Å². The van der Waals surface area contributed by atoms with E-state index in [1.54, 1.807) is 6.26 Å². The number of methoxy groups -OCH3 is 1. The van der Waals surface area contributed by atoms with Crippen molar-refractivity contribution in [2.45, 2.75) is 95.5 Å². The molecule has 2 heterocycles. The van der Waals surface area contributed by atoms with Crippen LogP contribution in [0.25, 0.3) is 0 Å². The van der Waals surface area contributed by atoms with Crippen LogP contribution in [-0.4, -0.2) is 53.9 Å². The summed E-state index contributed by atoms with van der Waals surface area (Å²) in [6, 6.07) is 3.82. The third-order valence-electron chi connectivity index (χ3n) is 7.40.